The van der Waals surface area contributed by atoms with Gasteiger partial charge in [-0.15, -0.1) is 0 Å². The summed E-state index contributed by atoms with van der Waals surface area (Å²) in [5.74, 6) is 0. The summed E-state index contributed by atoms with van der Waals surface area (Å²) in [4.78, 5) is -0.0768. The molecule has 0 aliphatic carbocycles. The highest BCUT2D eigenvalue weighted by Crippen LogP contribution is 2.11. The van der Waals surface area contributed by atoms with Crippen LogP contribution in [0.25, 0.3) is 0 Å². The van der Waals surface area contributed by atoms with E-state index in [1.807, 2.05) is 6.92 Å². The van der Waals surface area contributed by atoms with Gasteiger partial charge in [-0.25, -0.2) is 0 Å². The molecule has 0 bridgehead atoms. The summed E-state index contributed by atoms with van der Waals surface area (Å²) >= 11 is 0. The highest BCUT2D eigenvalue weighted by Gasteiger charge is 2.08. The highest BCUT2D eigenvalue weighted by molar-refractivity contribution is 7.85. The SMILES string of the molecule is CC(N)CCc1ccc(S(=O)(=O)O)cc1. The summed E-state index contributed by atoms with van der Waals surface area (Å²) in [6.07, 6.45) is 1.66. The molecule has 4 nitrogen and oxygen atoms in total. The van der Waals surface area contributed by atoms with Crippen LogP contribution in [0.4, 0.5) is 0 Å². The van der Waals surface area contributed by atoms with Gasteiger partial charge in [0, 0.05) is 6.04 Å². The van der Waals surface area contributed by atoms with Gasteiger partial charge in [0.15, 0.2) is 0 Å². The third-order valence-electron chi connectivity index (χ3n) is 2.11. The van der Waals surface area contributed by atoms with Crippen LogP contribution >= 0.6 is 0 Å². The molecule has 0 radical (unpaired) electrons. The Balaban J connectivity index is 2.73. The van der Waals surface area contributed by atoms with Crippen LogP contribution in [0.15, 0.2) is 29.2 Å². The Kier molecular flexibility index (Phi) is 3.84. The molecule has 0 fully saturated rings. The maximum Gasteiger partial charge on any atom is 0.294 e. The Labute approximate surface area is 89.9 Å². The largest absolute Gasteiger partial charge is 0.328 e. The van der Waals surface area contributed by atoms with Crippen molar-refractivity contribution in [2.45, 2.75) is 30.7 Å². The van der Waals surface area contributed by atoms with Gasteiger partial charge < -0.3 is 5.73 Å². The Morgan fingerprint density at radius 3 is 2.27 bits per heavy atom. The second kappa shape index (κ2) is 4.74. The molecule has 5 heteroatoms. The summed E-state index contributed by atoms with van der Waals surface area (Å²) < 4.78 is 30.2. The van der Waals surface area contributed by atoms with E-state index in [0.717, 1.165) is 18.4 Å². The van der Waals surface area contributed by atoms with Crippen LogP contribution in [0.5, 0.6) is 0 Å². The number of benzene rings is 1. The van der Waals surface area contributed by atoms with Gasteiger partial charge in [0.05, 0.1) is 4.90 Å². The number of hydrogen-bond acceptors (Lipinski definition) is 3. The number of aryl methyl sites for hydroxylation is 1. The Hall–Kier alpha value is -0.910. The summed E-state index contributed by atoms with van der Waals surface area (Å²) in [7, 11) is -4.08. The summed E-state index contributed by atoms with van der Waals surface area (Å²) in [6, 6.07) is 6.29. The normalized spacial score (nSPS) is 13.8. The standard InChI is InChI=1S/C10H15NO3S/c1-8(11)2-3-9-4-6-10(7-5-9)15(12,13)14/h4-8H,2-3,11H2,1H3,(H,12,13,14). The van der Waals surface area contributed by atoms with Crippen molar-refractivity contribution in [2.75, 3.05) is 0 Å². The molecule has 1 aromatic carbocycles. The Bertz CT molecular complexity index is 409. The van der Waals surface area contributed by atoms with Gasteiger partial charge in [0.1, 0.15) is 0 Å². The molecule has 0 aliphatic rings. The van der Waals surface area contributed by atoms with Crippen molar-refractivity contribution in [3.8, 4) is 0 Å². The van der Waals surface area contributed by atoms with Crippen LogP contribution in [0, 0.1) is 0 Å². The first kappa shape index (κ1) is 12.2. The van der Waals surface area contributed by atoms with Crippen LogP contribution in [0.2, 0.25) is 0 Å². The summed E-state index contributed by atoms with van der Waals surface area (Å²) in [6.45, 7) is 1.92. The van der Waals surface area contributed by atoms with Gasteiger partial charge in [-0.1, -0.05) is 12.1 Å². The minimum atomic E-state index is -4.08. The number of hydrogen-bond donors (Lipinski definition) is 2. The lowest BCUT2D eigenvalue weighted by molar-refractivity contribution is 0.483. The van der Waals surface area contributed by atoms with E-state index < -0.39 is 10.1 Å². The van der Waals surface area contributed by atoms with E-state index >= 15 is 0 Å². The highest BCUT2D eigenvalue weighted by atomic mass is 32.2. The van der Waals surface area contributed by atoms with Crippen molar-refractivity contribution in [2.24, 2.45) is 5.73 Å². The van der Waals surface area contributed by atoms with Crippen LogP contribution in [-0.2, 0) is 16.5 Å². The monoisotopic (exact) mass is 229 g/mol. The molecule has 1 aromatic rings. The van der Waals surface area contributed by atoms with Crippen molar-refractivity contribution < 1.29 is 13.0 Å². The molecular weight excluding hydrogens is 214 g/mol. The maximum absolute atomic E-state index is 10.7. The van der Waals surface area contributed by atoms with E-state index in [9.17, 15) is 8.42 Å². The molecule has 1 unspecified atom stereocenters. The molecule has 3 N–H and O–H groups in total. The predicted molar refractivity (Wildman–Crippen MR) is 58.2 cm³/mol. The van der Waals surface area contributed by atoms with Crippen LogP contribution in [-0.4, -0.2) is 19.0 Å². The third-order valence-corrected chi connectivity index (χ3v) is 2.98. The molecular formula is C10H15NO3S. The first-order valence-electron chi connectivity index (χ1n) is 4.71. The average molecular weight is 229 g/mol. The van der Waals surface area contributed by atoms with E-state index in [4.69, 9.17) is 10.3 Å². The number of nitrogens with two attached hydrogens (primary N) is 1. The zero-order valence-electron chi connectivity index (χ0n) is 8.55. The van der Waals surface area contributed by atoms with E-state index in [1.54, 1.807) is 12.1 Å². The smallest absolute Gasteiger partial charge is 0.294 e. The van der Waals surface area contributed by atoms with Crippen molar-refractivity contribution in [1.29, 1.82) is 0 Å². The van der Waals surface area contributed by atoms with Crippen molar-refractivity contribution in [3.05, 3.63) is 29.8 Å². The lowest BCUT2D eigenvalue weighted by Crippen LogP contribution is -2.15. The van der Waals surface area contributed by atoms with E-state index in [2.05, 4.69) is 0 Å². The molecule has 1 rings (SSSR count). The van der Waals surface area contributed by atoms with Crippen LogP contribution < -0.4 is 5.73 Å². The molecule has 0 spiro atoms. The van der Waals surface area contributed by atoms with E-state index in [-0.39, 0.29) is 10.9 Å². The number of rotatable bonds is 4. The van der Waals surface area contributed by atoms with Crippen molar-refractivity contribution in [3.63, 3.8) is 0 Å². The minimum Gasteiger partial charge on any atom is -0.328 e. The van der Waals surface area contributed by atoms with Gasteiger partial charge in [0.25, 0.3) is 10.1 Å². The summed E-state index contributed by atoms with van der Waals surface area (Å²) in [5.41, 5.74) is 6.62. The lowest BCUT2D eigenvalue weighted by atomic mass is 10.1. The molecule has 0 saturated heterocycles. The summed E-state index contributed by atoms with van der Waals surface area (Å²) in [5, 5.41) is 0. The van der Waals surface area contributed by atoms with Gasteiger partial charge in [-0.2, -0.15) is 8.42 Å². The zero-order chi connectivity index (χ0) is 11.5. The molecule has 0 saturated carbocycles. The van der Waals surface area contributed by atoms with Gasteiger partial charge in [-0.05, 0) is 37.5 Å². The molecule has 0 aliphatic heterocycles. The predicted octanol–water partition coefficient (Wildman–Crippen LogP) is 1.21. The fraction of sp³-hybridized carbons (Fsp3) is 0.400. The maximum atomic E-state index is 10.7. The van der Waals surface area contributed by atoms with E-state index in [0.29, 0.717) is 0 Å². The molecule has 0 amide bonds. The van der Waals surface area contributed by atoms with Crippen LogP contribution in [0.1, 0.15) is 18.9 Å². The van der Waals surface area contributed by atoms with Gasteiger partial charge in [-0.3, -0.25) is 4.55 Å². The van der Waals surface area contributed by atoms with Crippen LogP contribution in [0.3, 0.4) is 0 Å². The minimum absolute atomic E-state index is 0.0768. The quantitative estimate of drug-likeness (QED) is 0.760. The molecule has 84 valence electrons. The molecule has 1 atom stereocenters. The van der Waals surface area contributed by atoms with E-state index in [1.165, 1.54) is 12.1 Å². The molecule has 0 heterocycles. The average Bonchev–Trinajstić information content (AvgIpc) is 2.14. The first-order chi connectivity index (χ1) is 6.89. The Morgan fingerprint density at radius 1 is 1.33 bits per heavy atom. The van der Waals surface area contributed by atoms with Gasteiger partial charge in [0.2, 0.25) is 0 Å². The first-order valence-corrected chi connectivity index (χ1v) is 6.15. The Morgan fingerprint density at radius 2 is 1.87 bits per heavy atom. The second-order valence-electron chi connectivity index (χ2n) is 3.63. The van der Waals surface area contributed by atoms with Crippen molar-refractivity contribution in [1.82, 2.24) is 0 Å². The van der Waals surface area contributed by atoms with Gasteiger partial charge >= 0.3 is 0 Å². The zero-order valence-corrected chi connectivity index (χ0v) is 9.37. The fourth-order valence-corrected chi connectivity index (χ4v) is 1.70. The molecule has 0 aromatic heterocycles. The third kappa shape index (κ3) is 3.99. The fourth-order valence-electron chi connectivity index (χ4n) is 1.22. The second-order valence-corrected chi connectivity index (χ2v) is 5.06. The molecule has 15 heavy (non-hydrogen) atoms. The van der Waals surface area contributed by atoms with Crippen molar-refractivity contribution >= 4 is 10.1 Å². The topological polar surface area (TPSA) is 80.4 Å². The lowest BCUT2D eigenvalue weighted by Gasteiger charge is -2.05.